The highest BCUT2D eigenvalue weighted by atomic mass is 35.5. The molecule has 8 heteroatoms. The Balaban J connectivity index is 2.34. The van der Waals surface area contributed by atoms with Crippen molar-refractivity contribution in [2.45, 2.75) is 6.18 Å². The summed E-state index contributed by atoms with van der Waals surface area (Å²) in [6.45, 7) is 0. The number of halogens is 4. The lowest BCUT2D eigenvalue weighted by Gasteiger charge is -2.11. The quantitative estimate of drug-likeness (QED) is 0.917. The van der Waals surface area contributed by atoms with Crippen molar-refractivity contribution < 1.29 is 13.2 Å². The number of hydrogen-bond acceptors (Lipinski definition) is 4. The molecular weight excluding hydrogens is 293 g/mol. The Labute approximate surface area is 116 Å². The van der Waals surface area contributed by atoms with Crippen LogP contribution in [0.2, 0.25) is 5.15 Å². The summed E-state index contributed by atoms with van der Waals surface area (Å²) < 4.78 is 38.3. The maximum Gasteiger partial charge on any atom is 0.417 e. The second-order valence-corrected chi connectivity index (χ2v) is 4.12. The van der Waals surface area contributed by atoms with Gasteiger partial charge < -0.3 is 5.32 Å². The van der Waals surface area contributed by atoms with Crippen LogP contribution in [0.15, 0.2) is 30.3 Å². The number of anilines is 2. The van der Waals surface area contributed by atoms with E-state index in [1.807, 2.05) is 0 Å². The van der Waals surface area contributed by atoms with Gasteiger partial charge in [0.25, 0.3) is 0 Å². The van der Waals surface area contributed by atoms with Crippen LogP contribution < -0.4 is 5.32 Å². The zero-order valence-electron chi connectivity index (χ0n) is 9.74. The van der Waals surface area contributed by atoms with Gasteiger partial charge in [0.2, 0.25) is 0 Å². The zero-order chi connectivity index (χ0) is 14.8. The van der Waals surface area contributed by atoms with E-state index in [1.165, 1.54) is 24.3 Å². The molecule has 20 heavy (non-hydrogen) atoms. The molecule has 0 aliphatic rings. The molecule has 0 radical (unpaired) electrons. The molecule has 0 spiro atoms. The van der Waals surface area contributed by atoms with Gasteiger partial charge in [0.05, 0.1) is 17.2 Å². The third-order valence-electron chi connectivity index (χ3n) is 2.35. The molecule has 0 fully saturated rings. The van der Waals surface area contributed by atoms with Gasteiger partial charge in [0.15, 0.2) is 11.0 Å². The van der Waals surface area contributed by atoms with E-state index in [4.69, 9.17) is 16.9 Å². The largest absolute Gasteiger partial charge is 0.417 e. The Morgan fingerprint density at radius 3 is 2.45 bits per heavy atom. The van der Waals surface area contributed by atoms with Crippen LogP contribution in [0.25, 0.3) is 0 Å². The summed E-state index contributed by atoms with van der Waals surface area (Å²) in [5, 5.41) is 18.7. The second-order valence-electron chi connectivity index (χ2n) is 3.74. The van der Waals surface area contributed by atoms with Crippen molar-refractivity contribution in [2.24, 2.45) is 0 Å². The van der Waals surface area contributed by atoms with Gasteiger partial charge in [-0.3, -0.25) is 0 Å². The van der Waals surface area contributed by atoms with Crippen molar-refractivity contribution in [3.8, 4) is 6.07 Å². The average molecular weight is 299 g/mol. The van der Waals surface area contributed by atoms with Crippen LogP contribution in [0.4, 0.5) is 24.7 Å². The number of nitrogens with one attached hydrogen (secondary N) is 1. The molecule has 0 saturated heterocycles. The molecule has 1 heterocycles. The number of alkyl halides is 3. The standard InChI is InChI=1S/C12H6ClF3N4/c13-10-3-4-11(20-19-10)18-8-2-1-7(6-17)9(5-8)12(14,15)16/h1-5H,(H,18,20). The number of benzene rings is 1. The lowest BCUT2D eigenvalue weighted by Crippen LogP contribution is -2.08. The summed E-state index contributed by atoms with van der Waals surface area (Å²) in [5.41, 5.74) is -1.30. The fourth-order valence-corrected chi connectivity index (χ4v) is 1.59. The summed E-state index contributed by atoms with van der Waals surface area (Å²) in [6, 6.07) is 7.72. The zero-order valence-corrected chi connectivity index (χ0v) is 10.5. The van der Waals surface area contributed by atoms with Crippen LogP contribution in [-0.4, -0.2) is 10.2 Å². The third-order valence-corrected chi connectivity index (χ3v) is 2.55. The minimum atomic E-state index is -4.60. The number of nitrogens with zero attached hydrogens (tertiary/aromatic N) is 3. The van der Waals surface area contributed by atoms with Gasteiger partial charge in [-0.1, -0.05) is 11.6 Å². The van der Waals surface area contributed by atoms with E-state index in [0.717, 1.165) is 12.1 Å². The Hall–Kier alpha value is -2.33. The van der Waals surface area contributed by atoms with Gasteiger partial charge in [-0.25, -0.2) is 0 Å². The van der Waals surface area contributed by atoms with Crippen molar-refractivity contribution in [1.29, 1.82) is 5.26 Å². The summed E-state index contributed by atoms with van der Waals surface area (Å²) >= 11 is 5.55. The normalized spacial score (nSPS) is 10.9. The van der Waals surface area contributed by atoms with E-state index in [9.17, 15) is 13.2 Å². The summed E-state index contributed by atoms with van der Waals surface area (Å²) in [6.07, 6.45) is -4.60. The van der Waals surface area contributed by atoms with E-state index >= 15 is 0 Å². The number of nitriles is 1. The Bertz CT molecular complexity index is 662. The molecule has 2 aromatic rings. The molecule has 0 unspecified atom stereocenters. The lowest BCUT2D eigenvalue weighted by atomic mass is 10.1. The van der Waals surface area contributed by atoms with Crippen molar-refractivity contribution >= 4 is 23.1 Å². The number of hydrogen-bond donors (Lipinski definition) is 1. The summed E-state index contributed by atoms with van der Waals surface area (Å²) in [5.74, 6) is 0.243. The first-order chi connectivity index (χ1) is 9.40. The molecule has 0 amide bonds. The lowest BCUT2D eigenvalue weighted by molar-refractivity contribution is -0.137. The molecule has 0 bridgehead atoms. The van der Waals surface area contributed by atoms with Crippen molar-refractivity contribution in [2.75, 3.05) is 5.32 Å². The van der Waals surface area contributed by atoms with Crippen LogP contribution in [0.5, 0.6) is 0 Å². The number of rotatable bonds is 2. The molecule has 102 valence electrons. The molecule has 2 rings (SSSR count). The minimum absolute atomic E-state index is 0.146. The van der Waals surface area contributed by atoms with E-state index < -0.39 is 17.3 Å². The van der Waals surface area contributed by atoms with E-state index in [2.05, 4.69) is 15.5 Å². The van der Waals surface area contributed by atoms with Gasteiger partial charge in [-0.15, -0.1) is 10.2 Å². The van der Waals surface area contributed by atoms with Crippen LogP contribution >= 0.6 is 11.6 Å². The molecule has 1 N–H and O–H groups in total. The highest BCUT2D eigenvalue weighted by molar-refractivity contribution is 6.29. The van der Waals surface area contributed by atoms with E-state index in [1.54, 1.807) is 0 Å². The summed E-state index contributed by atoms with van der Waals surface area (Å²) in [4.78, 5) is 0. The van der Waals surface area contributed by atoms with Crippen molar-refractivity contribution in [1.82, 2.24) is 10.2 Å². The SMILES string of the molecule is N#Cc1ccc(Nc2ccc(Cl)nn2)cc1C(F)(F)F. The van der Waals surface area contributed by atoms with Crippen molar-refractivity contribution in [3.05, 3.63) is 46.6 Å². The molecule has 1 aromatic carbocycles. The molecule has 1 aromatic heterocycles. The maximum atomic E-state index is 12.8. The average Bonchev–Trinajstić information content (AvgIpc) is 2.40. The Kier molecular flexibility index (Phi) is 3.77. The minimum Gasteiger partial charge on any atom is -0.339 e. The van der Waals surface area contributed by atoms with Gasteiger partial charge in [-0.05, 0) is 30.3 Å². The highest BCUT2D eigenvalue weighted by Crippen LogP contribution is 2.34. The molecule has 4 nitrogen and oxygen atoms in total. The Morgan fingerprint density at radius 1 is 1.15 bits per heavy atom. The fourth-order valence-electron chi connectivity index (χ4n) is 1.48. The Morgan fingerprint density at radius 2 is 1.90 bits per heavy atom. The fraction of sp³-hybridized carbons (Fsp3) is 0.0833. The van der Waals surface area contributed by atoms with Gasteiger partial charge in [-0.2, -0.15) is 18.4 Å². The van der Waals surface area contributed by atoms with E-state index in [0.29, 0.717) is 0 Å². The first kappa shape index (κ1) is 14.1. The third kappa shape index (κ3) is 3.16. The molecular formula is C12H6ClF3N4. The van der Waals surface area contributed by atoms with Crippen LogP contribution in [0.3, 0.4) is 0 Å². The van der Waals surface area contributed by atoms with Crippen LogP contribution in [-0.2, 0) is 6.18 Å². The van der Waals surface area contributed by atoms with Crippen LogP contribution in [0, 0.1) is 11.3 Å². The molecule has 0 aliphatic carbocycles. The van der Waals surface area contributed by atoms with Gasteiger partial charge in [0, 0.05) is 5.69 Å². The van der Waals surface area contributed by atoms with Gasteiger partial charge >= 0.3 is 6.18 Å². The predicted octanol–water partition coefficient (Wildman–Crippen LogP) is 3.76. The molecule has 0 aliphatic heterocycles. The van der Waals surface area contributed by atoms with Gasteiger partial charge in [0.1, 0.15) is 0 Å². The molecule has 0 saturated carbocycles. The molecule has 0 atom stereocenters. The number of aromatic nitrogens is 2. The first-order valence-corrected chi connectivity index (χ1v) is 5.65. The second kappa shape index (κ2) is 5.35. The first-order valence-electron chi connectivity index (χ1n) is 5.28. The summed E-state index contributed by atoms with van der Waals surface area (Å²) in [7, 11) is 0. The van der Waals surface area contributed by atoms with E-state index in [-0.39, 0.29) is 16.7 Å². The van der Waals surface area contributed by atoms with Crippen molar-refractivity contribution in [3.63, 3.8) is 0 Å². The predicted molar refractivity (Wildman–Crippen MR) is 66.5 cm³/mol. The topological polar surface area (TPSA) is 61.6 Å². The smallest absolute Gasteiger partial charge is 0.339 e. The maximum absolute atomic E-state index is 12.8. The van der Waals surface area contributed by atoms with Crippen LogP contribution in [0.1, 0.15) is 11.1 Å². The monoisotopic (exact) mass is 298 g/mol. The highest BCUT2D eigenvalue weighted by Gasteiger charge is 2.33.